The fraction of sp³-hybridized carbons (Fsp3) is 0.222. The molecule has 2 atom stereocenters. The highest BCUT2D eigenvalue weighted by Crippen LogP contribution is 2.27. The summed E-state index contributed by atoms with van der Waals surface area (Å²) in [6.45, 7) is 0. The Morgan fingerprint density at radius 3 is 2.55 bits per heavy atom. The second-order valence-corrected chi connectivity index (χ2v) is 6.11. The van der Waals surface area contributed by atoms with Gasteiger partial charge in [0.15, 0.2) is 0 Å². The summed E-state index contributed by atoms with van der Waals surface area (Å²) in [4.78, 5) is 12.5. The number of thiocarbonyl (C=S) groups is 1. The van der Waals surface area contributed by atoms with Crippen molar-refractivity contribution < 1.29 is 4.79 Å². The molecule has 0 aliphatic carbocycles. The third-order valence-electron chi connectivity index (χ3n) is 4.04. The van der Waals surface area contributed by atoms with Crippen molar-refractivity contribution >= 4 is 23.0 Å². The zero-order chi connectivity index (χ0) is 15.5. The number of amides is 1. The number of carbonyl (C=O) groups is 1. The Bertz CT molecular complexity index is 699. The fourth-order valence-corrected chi connectivity index (χ4v) is 3.28. The van der Waals surface area contributed by atoms with Crippen molar-refractivity contribution in [3.8, 4) is 0 Å². The van der Waals surface area contributed by atoms with Crippen LogP contribution in [0.3, 0.4) is 0 Å². The van der Waals surface area contributed by atoms with Gasteiger partial charge in [0.05, 0.1) is 12.1 Å². The highest BCUT2D eigenvalue weighted by atomic mass is 32.1. The molecule has 1 heterocycles. The molecular weight excluding hydrogens is 292 g/mol. The largest absolute Gasteiger partial charge is 0.368 e. The molecule has 0 aromatic heterocycles. The number of primary amides is 1. The van der Waals surface area contributed by atoms with E-state index in [-0.39, 0.29) is 18.0 Å². The lowest BCUT2D eigenvalue weighted by atomic mass is 9.87. The predicted octanol–water partition coefficient (Wildman–Crippen LogP) is 2.34. The standard InChI is InChI=1S/C18H18N2OS/c19-18(21)15-11-13-8-4-5-9-14(13)17(20-15)16(22)10-12-6-2-1-3-7-12/h1-9,15,17,20H,10-11H2,(H2,19,21). The number of hydrogen-bond donors (Lipinski definition) is 2. The molecule has 4 heteroatoms. The molecule has 3 rings (SSSR count). The van der Waals surface area contributed by atoms with E-state index in [1.807, 2.05) is 36.4 Å². The number of rotatable bonds is 4. The molecule has 0 radical (unpaired) electrons. The van der Waals surface area contributed by atoms with Crippen LogP contribution in [0.4, 0.5) is 0 Å². The van der Waals surface area contributed by atoms with E-state index in [2.05, 4.69) is 23.5 Å². The van der Waals surface area contributed by atoms with Gasteiger partial charge in [-0.2, -0.15) is 0 Å². The molecule has 0 fully saturated rings. The Morgan fingerprint density at radius 1 is 1.14 bits per heavy atom. The molecule has 1 aliphatic rings. The molecule has 0 bridgehead atoms. The molecule has 3 N–H and O–H groups in total. The van der Waals surface area contributed by atoms with Gasteiger partial charge in [0.1, 0.15) is 0 Å². The van der Waals surface area contributed by atoms with E-state index in [9.17, 15) is 4.79 Å². The minimum absolute atomic E-state index is 0.113. The number of benzene rings is 2. The Hall–Kier alpha value is -2.04. The molecule has 0 saturated carbocycles. The summed E-state index contributed by atoms with van der Waals surface area (Å²) in [5, 5.41) is 3.31. The molecule has 22 heavy (non-hydrogen) atoms. The van der Waals surface area contributed by atoms with Crippen LogP contribution in [0.15, 0.2) is 54.6 Å². The fourth-order valence-electron chi connectivity index (χ4n) is 2.92. The van der Waals surface area contributed by atoms with Gasteiger partial charge in [-0.1, -0.05) is 66.8 Å². The molecule has 3 nitrogen and oxygen atoms in total. The van der Waals surface area contributed by atoms with Crippen LogP contribution in [-0.2, 0) is 17.6 Å². The van der Waals surface area contributed by atoms with E-state index in [1.54, 1.807) is 0 Å². The van der Waals surface area contributed by atoms with Crippen LogP contribution in [0.5, 0.6) is 0 Å². The minimum Gasteiger partial charge on any atom is -0.368 e. The Balaban J connectivity index is 1.88. The van der Waals surface area contributed by atoms with Crippen LogP contribution in [0.25, 0.3) is 0 Å². The SMILES string of the molecule is NC(=O)C1Cc2ccccc2C(C(=S)Cc2ccccc2)N1. The number of fused-ring (bicyclic) bond motifs is 1. The van der Waals surface area contributed by atoms with E-state index in [0.717, 1.165) is 16.0 Å². The zero-order valence-corrected chi connectivity index (χ0v) is 13.0. The van der Waals surface area contributed by atoms with Crippen LogP contribution in [0, 0.1) is 0 Å². The van der Waals surface area contributed by atoms with Crippen molar-refractivity contribution in [3.05, 3.63) is 71.3 Å². The maximum atomic E-state index is 11.6. The lowest BCUT2D eigenvalue weighted by Crippen LogP contribution is -2.49. The van der Waals surface area contributed by atoms with Gasteiger partial charge in [-0.05, 0) is 23.1 Å². The second kappa shape index (κ2) is 6.38. The Morgan fingerprint density at radius 2 is 1.82 bits per heavy atom. The van der Waals surface area contributed by atoms with Gasteiger partial charge in [-0.3, -0.25) is 10.1 Å². The van der Waals surface area contributed by atoms with Crippen molar-refractivity contribution in [1.82, 2.24) is 5.32 Å². The van der Waals surface area contributed by atoms with Gasteiger partial charge in [0.2, 0.25) is 5.91 Å². The average Bonchev–Trinajstić information content (AvgIpc) is 2.54. The van der Waals surface area contributed by atoms with Gasteiger partial charge in [0.25, 0.3) is 0 Å². The van der Waals surface area contributed by atoms with Gasteiger partial charge in [-0.15, -0.1) is 0 Å². The van der Waals surface area contributed by atoms with Gasteiger partial charge in [0, 0.05) is 11.3 Å². The topological polar surface area (TPSA) is 55.1 Å². The van der Waals surface area contributed by atoms with Crippen molar-refractivity contribution in [2.45, 2.75) is 24.9 Å². The molecule has 2 aromatic rings. The summed E-state index contributed by atoms with van der Waals surface area (Å²) in [7, 11) is 0. The highest BCUT2D eigenvalue weighted by Gasteiger charge is 2.31. The molecule has 1 aliphatic heterocycles. The minimum atomic E-state index is -0.367. The highest BCUT2D eigenvalue weighted by molar-refractivity contribution is 7.80. The molecule has 0 saturated heterocycles. The number of nitrogens with one attached hydrogen (secondary N) is 1. The smallest absolute Gasteiger partial charge is 0.234 e. The van der Waals surface area contributed by atoms with Crippen LogP contribution in [-0.4, -0.2) is 16.8 Å². The number of carbonyl (C=O) groups excluding carboxylic acids is 1. The maximum absolute atomic E-state index is 11.6. The molecule has 1 amide bonds. The summed E-state index contributed by atoms with van der Waals surface area (Å²) in [5.41, 5.74) is 8.97. The predicted molar refractivity (Wildman–Crippen MR) is 91.7 cm³/mol. The van der Waals surface area contributed by atoms with Crippen molar-refractivity contribution in [2.24, 2.45) is 5.73 Å². The Kier molecular flexibility index (Phi) is 4.32. The lowest BCUT2D eigenvalue weighted by molar-refractivity contribution is -0.120. The first-order valence-electron chi connectivity index (χ1n) is 7.35. The average molecular weight is 310 g/mol. The Labute approximate surface area is 135 Å². The van der Waals surface area contributed by atoms with E-state index in [4.69, 9.17) is 18.0 Å². The first kappa shape index (κ1) is 14.9. The summed E-state index contributed by atoms with van der Waals surface area (Å²) >= 11 is 5.66. The van der Waals surface area contributed by atoms with Crippen LogP contribution in [0.2, 0.25) is 0 Å². The van der Waals surface area contributed by atoms with E-state index >= 15 is 0 Å². The van der Waals surface area contributed by atoms with Gasteiger partial charge in [-0.25, -0.2) is 0 Å². The molecule has 2 unspecified atom stereocenters. The van der Waals surface area contributed by atoms with Crippen molar-refractivity contribution in [3.63, 3.8) is 0 Å². The summed E-state index contributed by atoms with van der Waals surface area (Å²) in [5.74, 6) is -0.331. The third kappa shape index (κ3) is 3.08. The van der Waals surface area contributed by atoms with Crippen LogP contribution in [0.1, 0.15) is 22.7 Å². The number of hydrogen-bond acceptors (Lipinski definition) is 3. The first-order chi connectivity index (χ1) is 10.6. The molecule has 0 spiro atoms. The monoisotopic (exact) mass is 310 g/mol. The normalized spacial score (nSPS) is 20.2. The van der Waals surface area contributed by atoms with Crippen molar-refractivity contribution in [2.75, 3.05) is 0 Å². The summed E-state index contributed by atoms with van der Waals surface area (Å²) < 4.78 is 0. The van der Waals surface area contributed by atoms with Crippen molar-refractivity contribution in [1.29, 1.82) is 0 Å². The molecule has 2 aromatic carbocycles. The van der Waals surface area contributed by atoms with Crippen LogP contribution < -0.4 is 11.1 Å². The summed E-state index contributed by atoms with van der Waals surface area (Å²) in [6, 6.07) is 17.8. The maximum Gasteiger partial charge on any atom is 0.234 e. The quantitative estimate of drug-likeness (QED) is 0.852. The summed E-state index contributed by atoms with van der Waals surface area (Å²) in [6.07, 6.45) is 1.32. The van der Waals surface area contributed by atoms with E-state index in [1.165, 1.54) is 5.56 Å². The van der Waals surface area contributed by atoms with Gasteiger partial charge >= 0.3 is 0 Å². The molecule has 112 valence electrons. The number of nitrogens with two attached hydrogens (primary N) is 1. The van der Waals surface area contributed by atoms with Crippen LogP contribution >= 0.6 is 12.2 Å². The van der Waals surface area contributed by atoms with Gasteiger partial charge < -0.3 is 5.73 Å². The zero-order valence-electron chi connectivity index (χ0n) is 12.2. The first-order valence-corrected chi connectivity index (χ1v) is 7.76. The second-order valence-electron chi connectivity index (χ2n) is 5.59. The lowest BCUT2D eigenvalue weighted by Gasteiger charge is -2.32. The van der Waals surface area contributed by atoms with E-state index < -0.39 is 0 Å². The molecular formula is C18H18N2OS. The van der Waals surface area contributed by atoms with E-state index in [0.29, 0.717) is 12.8 Å². The third-order valence-corrected chi connectivity index (χ3v) is 4.42.